The number of benzene rings is 2. The summed E-state index contributed by atoms with van der Waals surface area (Å²) in [4.78, 5) is 33.2. The normalized spacial score (nSPS) is 17.5. The van der Waals surface area contributed by atoms with Crippen molar-refractivity contribution in [2.24, 2.45) is 30.7 Å². The van der Waals surface area contributed by atoms with E-state index < -0.39 is 5.97 Å². The molecule has 0 radical (unpaired) electrons. The number of aryl methyl sites for hydroxylation is 2. The molecule has 4 aliphatic rings. The first-order valence-electron chi connectivity index (χ1n) is 22.0. The van der Waals surface area contributed by atoms with Crippen LogP contribution in [0.25, 0.3) is 33.4 Å². The quantitative estimate of drug-likeness (QED) is 0.146. The van der Waals surface area contributed by atoms with Crippen LogP contribution in [0.15, 0.2) is 122 Å². The number of nitrogens with zero attached hydrogens (tertiary/aromatic N) is 8. The average molecular weight is 1060 g/mol. The van der Waals surface area contributed by atoms with E-state index in [2.05, 4.69) is 54.3 Å². The van der Waals surface area contributed by atoms with Gasteiger partial charge in [0, 0.05) is 95.3 Å². The minimum absolute atomic E-state index is 0. The van der Waals surface area contributed by atoms with E-state index >= 15 is 0 Å². The van der Waals surface area contributed by atoms with E-state index in [4.69, 9.17) is 15.2 Å². The molecule has 2 aromatic carbocycles. The van der Waals surface area contributed by atoms with Gasteiger partial charge in [-0.2, -0.15) is 10.2 Å². The predicted molar refractivity (Wildman–Crippen MR) is 245 cm³/mol. The van der Waals surface area contributed by atoms with Crippen LogP contribution in [-0.2, 0) is 57.5 Å². The number of ether oxygens (including phenoxy) is 2. The summed E-state index contributed by atoms with van der Waals surface area (Å²) >= 11 is 0. The number of hydrogen-bond donors (Lipinski definition) is 3. The third-order valence-corrected chi connectivity index (χ3v) is 13.2. The fourth-order valence-electron chi connectivity index (χ4n) is 9.75. The second-order valence-electron chi connectivity index (χ2n) is 18.3. The van der Waals surface area contributed by atoms with Crippen LogP contribution >= 0.6 is 0 Å². The van der Waals surface area contributed by atoms with Crippen LogP contribution in [0.5, 0.6) is 0 Å². The molecule has 66 heavy (non-hydrogen) atoms. The summed E-state index contributed by atoms with van der Waals surface area (Å²) in [7, 11) is 3.96. The van der Waals surface area contributed by atoms with Gasteiger partial charge in [0.1, 0.15) is 11.4 Å². The third kappa shape index (κ3) is 9.26. The molecule has 8 aromatic rings. The molecule has 4 N–H and O–H groups in total. The molecular weight excluding hydrogens is 1000 g/mol. The molecule has 2 aliphatic heterocycles. The van der Waals surface area contributed by atoms with Crippen LogP contribution in [0.4, 0.5) is 0 Å². The molecule has 338 valence electrons. The summed E-state index contributed by atoms with van der Waals surface area (Å²) in [5.74, 6) is -1.10. The first-order valence-corrected chi connectivity index (χ1v) is 22.0. The molecule has 8 heterocycles. The molecule has 2 aliphatic carbocycles. The fraction of sp³-hybridized carbons (Fsp3) is 0.320. The first kappa shape index (κ1) is 44.9. The van der Waals surface area contributed by atoms with Gasteiger partial charge in [0.25, 0.3) is 5.91 Å². The van der Waals surface area contributed by atoms with Gasteiger partial charge in [-0.1, -0.05) is 24.3 Å². The molecule has 2 saturated carbocycles. The van der Waals surface area contributed by atoms with E-state index in [1.165, 1.54) is 18.4 Å². The van der Waals surface area contributed by atoms with Crippen LogP contribution < -0.4 is 11.1 Å². The van der Waals surface area contributed by atoms with Crippen LogP contribution in [0.3, 0.4) is 0 Å². The van der Waals surface area contributed by atoms with Crippen molar-refractivity contribution in [1.29, 1.82) is 0 Å². The number of pyridine rings is 2. The predicted octanol–water partition coefficient (Wildman–Crippen LogP) is 6.43. The van der Waals surface area contributed by atoms with Gasteiger partial charge in [-0.05, 0) is 121 Å². The van der Waals surface area contributed by atoms with Crippen molar-refractivity contribution in [3.63, 3.8) is 0 Å². The Hall–Kier alpha value is -6.25. The Labute approximate surface area is 396 Å². The number of carboxylic acids is 1. The number of rotatable bonds is 9. The average Bonchev–Trinajstić information content (AvgIpc) is 4.10. The molecule has 16 heteroatoms. The summed E-state index contributed by atoms with van der Waals surface area (Å²) in [5.41, 5.74) is 16.9. The van der Waals surface area contributed by atoms with Gasteiger partial charge in [-0.3, -0.25) is 4.79 Å². The number of hydrogen-bond acceptors (Lipinski definition) is 9. The largest absolute Gasteiger partial charge is 0.477 e. The maximum absolute atomic E-state index is 13.0. The van der Waals surface area contributed by atoms with E-state index in [-0.39, 0.29) is 38.7 Å². The van der Waals surface area contributed by atoms with E-state index in [0.29, 0.717) is 34.5 Å². The zero-order valence-electron chi connectivity index (χ0n) is 36.9. The molecule has 0 unspecified atom stereocenters. The molecule has 0 bridgehead atoms. The third-order valence-electron chi connectivity index (χ3n) is 13.2. The minimum Gasteiger partial charge on any atom is -0.477 e. The number of nitrogens with one attached hydrogen (secondary N) is 1. The van der Waals surface area contributed by atoms with Gasteiger partial charge < -0.3 is 34.8 Å². The van der Waals surface area contributed by atoms with E-state index in [9.17, 15) is 14.7 Å². The van der Waals surface area contributed by atoms with Gasteiger partial charge in [0.2, 0.25) is 0 Å². The number of carboxylic acid groups (broad SMARTS) is 1. The molecule has 4 fully saturated rings. The van der Waals surface area contributed by atoms with Gasteiger partial charge in [0.15, 0.2) is 0 Å². The topological polar surface area (TPSA) is 182 Å². The summed E-state index contributed by atoms with van der Waals surface area (Å²) < 4.78 is 18.1. The van der Waals surface area contributed by atoms with Gasteiger partial charge in [-0.25, -0.2) is 24.1 Å². The van der Waals surface area contributed by atoms with Crippen molar-refractivity contribution in [2.45, 2.75) is 50.6 Å². The smallest absolute Gasteiger partial charge is 0.354 e. The van der Waals surface area contributed by atoms with Crippen LogP contribution in [0.1, 0.15) is 68.9 Å². The van der Waals surface area contributed by atoms with E-state index in [1.54, 1.807) is 23.1 Å². The molecule has 0 atom stereocenters. The van der Waals surface area contributed by atoms with Crippen molar-refractivity contribution in [3.8, 4) is 11.4 Å². The van der Waals surface area contributed by atoms with Gasteiger partial charge >= 0.3 is 5.97 Å². The number of amides is 1. The number of fused-ring (bicyclic) bond motifs is 2. The van der Waals surface area contributed by atoms with Crippen molar-refractivity contribution >= 4 is 33.9 Å². The summed E-state index contributed by atoms with van der Waals surface area (Å²) in [6.07, 6.45) is 17.0. The second-order valence-corrected chi connectivity index (χ2v) is 18.3. The maximum atomic E-state index is 13.0. The monoisotopic (exact) mass is 1060 g/mol. The Kier molecular flexibility index (Phi) is 12.6. The Morgan fingerprint density at radius 3 is 1.53 bits per heavy atom. The standard InChI is InChI=1S/C25H25N5O2.C19H16N4O2.C6H11NO.W/c1-29-10-7-21-23(29)18(11-17-3-5-20(6-4-17)30-9-2-8-26-30)12-22(28-21)24(31)27-19-13-25(14-19)15-32-16-25;1-22-10-7-16-18(22)14(12-17(21-16)19(24)25)11-13-3-5-15(6-4-13)23-9-2-8-20-23;7-5-1-6(2-5)3-8-4-6;/h2-10,12,19H,11,13-16H2,1H3,(H,27,31);2-10,12H,11H2,1H3,(H,24,25);5H,1-4,7H2;. The van der Waals surface area contributed by atoms with Crippen LogP contribution in [0, 0.1) is 10.8 Å². The molecule has 1 amide bonds. The zero-order valence-corrected chi connectivity index (χ0v) is 39.8. The van der Waals surface area contributed by atoms with Crippen molar-refractivity contribution in [3.05, 3.63) is 156 Å². The summed E-state index contributed by atoms with van der Waals surface area (Å²) in [6, 6.07) is 28.3. The summed E-state index contributed by atoms with van der Waals surface area (Å²) in [5, 5.41) is 21.0. The van der Waals surface area contributed by atoms with Gasteiger partial charge in [-0.15, -0.1) is 0 Å². The van der Waals surface area contributed by atoms with Crippen molar-refractivity contribution in [2.75, 3.05) is 26.4 Å². The molecule has 2 spiro atoms. The van der Waals surface area contributed by atoms with Crippen molar-refractivity contribution in [1.82, 2.24) is 44.0 Å². The first-order chi connectivity index (χ1) is 31.5. The Morgan fingerprint density at radius 1 is 0.682 bits per heavy atom. The SMILES string of the molecule is Cn1ccc2nc(C(=O)NC3CC4(COC4)C3)cc(Cc3ccc(-n4cccn4)cc3)c21.Cn1ccc2nc(C(=O)O)cc(Cc3ccc(-n4cccn4)cc3)c21.NC1CC2(COC2)C1.[W]. The van der Waals surface area contributed by atoms with Crippen LogP contribution in [0.2, 0.25) is 0 Å². The number of aromatic carboxylic acids is 1. The molecule has 2 saturated heterocycles. The van der Waals surface area contributed by atoms with E-state index in [1.807, 2.05) is 103 Å². The minimum atomic E-state index is -1.01. The maximum Gasteiger partial charge on any atom is 0.354 e. The Morgan fingerprint density at radius 2 is 1.14 bits per heavy atom. The zero-order chi connectivity index (χ0) is 44.7. The Balaban J connectivity index is 0.000000143. The molecule has 6 aromatic heterocycles. The molecular formula is C50H52N10O5W. The number of aromatic nitrogens is 8. The van der Waals surface area contributed by atoms with Crippen LogP contribution in [-0.4, -0.2) is 94.2 Å². The van der Waals surface area contributed by atoms with Gasteiger partial charge in [0.05, 0.1) is 59.9 Å². The number of carbonyl (C=O) groups is 2. The summed E-state index contributed by atoms with van der Waals surface area (Å²) in [6.45, 7) is 3.61. The second kappa shape index (κ2) is 18.6. The molecule has 15 nitrogen and oxygen atoms in total. The van der Waals surface area contributed by atoms with E-state index in [0.717, 1.165) is 90.3 Å². The molecule has 12 rings (SSSR count). The Bertz CT molecular complexity index is 2960. The number of carbonyl (C=O) groups excluding carboxylic acids is 1. The van der Waals surface area contributed by atoms with Crippen molar-refractivity contribution < 1.29 is 45.2 Å². The number of nitrogens with two attached hydrogens (primary N) is 1. The fourth-order valence-corrected chi connectivity index (χ4v) is 9.75.